The zero-order chi connectivity index (χ0) is 12.6. The van der Waals surface area contributed by atoms with Crippen LogP contribution in [0.4, 0.5) is 0 Å². The highest BCUT2D eigenvalue weighted by molar-refractivity contribution is 5.22. The van der Waals surface area contributed by atoms with Gasteiger partial charge in [-0.25, -0.2) is 0 Å². The Morgan fingerprint density at radius 1 is 0.944 bits per heavy atom. The highest BCUT2D eigenvalue weighted by atomic mass is 14.9. The molecule has 1 N–H and O–H groups in total. The average molecular weight is 245 g/mol. The van der Waals surface area contributed by atoms with Crippen molar-refractivity contribution in [2.45, 2.75) is 64.3 Å². The van der Waals surface area contributed by atoms with Crippen LogP contribution in [0.3, 0.4) is 0 Å². The zero-order valence-electron chi connectivity index (χ0n) is 11.8. The lowest BCUT2D eigenvalue weighted by Gasteiger charge is -2.05. The molecule has 1 aromatic carbocycles. The molecule has 0 radical (unpaired) electrons. The fourth-order valence-corrected chi connectivity index (χ4v) is 2.34. The van der Waals surface area contributed by atoms with Gasteiger partial charge in [0, 0.05) is 6.04 Å². The van der Waals surface area contributed by atoms with Gasteiger partial charge in [0.1, 0.15) is 0 Å². The van der Waals surface area contributed by atoms with E-state index in [0.29, 0.717) is 0 Å². The molecule has 0 atom stereocenters. The molecule has 18 heavy (non-hydrogen) atoms. The van der Waals surface area contributed by atoms with E-state index < -0.39 is 0 Å². The number of aryl methyl sites for hydroxylation is 1. The van der Waals surface area contributed by atoms with E-state index >= 15 is 0 Å². The Hall–Kier alpha value is -0.820. The van der Waals surface area contributed by atoms with Crippen molar-refractivity contribution >= 4 is 0 Å². The molecule has 1 aromatic rings. The van der Waals surface area contributed by atoms with E-state index in [-0.39, 0.29) is 0 Å². The number of hydrogen-bond acceptors (Lipinski definition) is 1. The second-order valence-electron chi connectivity index (χ2n) is 5.61. The molecule has 0 unspecified atom stereocenters. The first kappa shape index (κ1) is 13.6. The zero-order valence-corrected chi connectivity index (χ0v) is 11.8. The van der Waals surface area contributed by atoms with Gasteiger partial charge in [-0.05, 0) is 49.8 Å². The molecular weight excluding hydrogens is 218 g/mol. The van der Waals surface area contributed by atoms with Crippen molar-refractivity contribution in [2.24, 2.45) is 0 Å². The van der Waals surface area contributed by atoms with Crippen molar-refractivity contribution < 1.29 is 0 Å². The van der Waals surface area contributed by atoms with E-state index in [2.05, 4.69) is 36.5 Å². The summed E-state index contributed by atoms with van der Waals surface area (Å²) in [5, 5.41) is 3.57. The van der Waals surface area contributed by atoms with Crippen LogP contribution in [0, 0.1) is 0 Å². The third-order valence-electron chi connectivity index (χ3n) is 3.77. The minimum atomic E-state index is 0.836. The normalized spacial score (nSPS) is 14.9. The molecule has 1 heteroatoms. The summed E-state index contributed by atoms with van der Waals surface area (Å²) in [6.45, 7) is 3.41. The summed E-state index contributed by atoms with van der Waals surface area (Å²) in [4.78, 5) is 0. The number of unbranched alkanes of at least 4 members (excludes halogenated alkanes) is 3. The van der Waals surface area contributed by atoms with E-state index in [1.165, 1.54) is 62.5 Å². The smallest absolute Gasteiger partial charge is 0.00683 e. The SMILES string of the molecule is CCCCCCc1ccc(CCNC2CC2)cc1. The summed E-state index contributed by atoms with van der Waals surface area (Å²) < 4.78 is 0. The quantitative estimate of drug-likeness (QED) is 0.646. The lowest BCUT2D eigenvalue weighted by molar-refractivity contribution is 0.666. The van der Waals surface area contributed by atoms with Gasteiger partial charge < -0.3 is 5.32 Å². The monoisotopic (exact) mass is 245 g/mol. The molecule has 0 saturated heterocycles. The predicted molar refractivity (Wildman–Crippen MR) is 79.0 cm³/mol. The molecule has 0 aliphatic heterocycles. The first-order valence-corrected chi connectivity index (χ1v) is 7.69. The Morgan fingerprint density at radius 2 is 1.61 bits per heavy atom. The topological polar surface area (TPSA) is 12.0 Å². The molecule has 1 aliphatic carbocycles. The molecule has 0 bridgehead atoms. The molecule has 0 heterocycles. The summed E-state index contributed by atoms with van der Waals surface area (Å²) >= 11 is 0. The summed E-state index contributed by atoms with van der Waals surface area (Å²) in [5.41, 5.74) is 2.98. The summed E-state index contributed by atoms with van der Waals surface area (Å²) in [7, 11) is 0. The Kier molecular flexibility index (Phi) is 5.73. The van der Waals surface area contributed by atoms with Crippen LogP contribution < -0.4 is 5.32 Å². The van der Waals surface area contributed by atoms with Gasteiger partial charge in [-0.2, -0.15) is 0 Å². The van der Waals surface area contributed by atoms with Crippen molar-refractivity contribution in [3.8, 4) is 0 Å². The maximum absolute atomic E-state index is 3.57. The lowest BCUT2D eigenvalue weighted by Crippen LogP contribution is -2.19. The van der Waals surface area contributed by atoms with Crippen LogP contribution in [0.1, 0.15) is 56.6 Å². The van der Waals surface area contributed by atoms with Gasteiger partial charge in [-0.1, -0.05) is 50.5 Å². The molecule has 1 nitrogen and oxygen atoms in total. The molecule has 1 saturated carbocycles. The van der Waals surface area contributed by atoms with Gasteiger partial charge in [0.25, 0.3) is 0 Å². The Balaban J connectivity index is 1.64. The van der Waals surface area contributed by atoms with Crippen LogP contribution in [0.2, 0.25) is 0 Å². The molecule has 0 amide bonds. The lowest BCUT2D eigenvalue weighted by atomic mass is 10.0. The van der Waals surface area contributed by atoms with E-state index in [1.807, 2.05) is 0 Å². The third kappa shape index (κ3) is 5.22. The minimum absolute atomic E-state index is 0.836. The Bertz CT molecular complexity index is 324. The van der Waals surface area contributed by atoms with Gasteiger partial charge in [-0.15, -0.1) is 0 Å². The molecule has 2 rings (SSSR count). The van der Waals surface area contributed by atoms with Crippen LogP contribution in [0.5, 0.6) is 0 Å². The predicted octanol–water partition coefficient (Wildman–Crippen LogP) is 4.10. The maximum atomic E-state index is 3.57. The molecular formula is C17H27N. The van der Waals surface area contributed by atoms with Crippen molar-refractivity contribution in [2.75, 3.05) is 6.54 Å². The minimum Gasteiger partial charge on any atom is -0.314 e. The Labute approximate surface area is 112 Å². The van der Waals surface area contributed by atoms with Gasteiger partial charge in [0.2, 0.25) is 0 Å². The Morgan fingerprint density at radius 3 is 2.22 bits per heavy atom. The molecule has 0 spiro atoms. The third-order valence-corrected chi connectivity index (χ3v) is 3.77. The standard InChI is InChI=1S/C17H27N/c1-2-3-4-5-6-15-7-9-16(10-8-15)13-14-18-17-11-12-17/h7-10,17-18H,2-6,11-14H2,1H3. The first-order chi connectivity index (χ1) is 8.88. The highest BCUT2D eigenvalue weighted by Gasteiger charge is 2.19. The van der Waals surface area contributed by atoms with Crippen molar-refractivity contribution in [3.63, 3.8) is 0 Å². The van der Waals surface area contributed by atoms with Crippen molar-refractivity contribution in [1.82, 2.24) is 5.32 Å². The number of nitrogens with one attached hydrogen (secondary N) is 1. The molecule has 1 fully saturated rings. The van der Waals surface area contributed by atoms with E-state index in [9.17, 15) is 0 Å². The number of benzene rings is 1. The van der Waals surface area contributed by atoms with Gasteiger partial charge in [0.15, 0.2) is 0 Å². The van der Waals surface area contributed by atoms with Gasteiger partial charge in [-0.3, -0.25) is 0 Å². The van der Waals surface area contributed by atoms with Crippen LogP contribution in [0.15, 0.2) is 24.3 Å². The van der Waals surface area contributed by atoms with Crippen LogP contribution in [0.25, 0.3) is 0 Å². The number of rotatable bonds is 9. The fraction of sp³-hybridized carbons (Fsp3) is 0.647. The number of hydrogen-bond donors (Lipinski definition) is 1. The van der Waals surface area contributed by atoms with E-state index in [0.717, 1.165) is 12.6 Å². The molecule has 100 valence electrons. The first-order valence-electron chi connectivity index (χ1n) is 7.69. The van der Waals surface area contributed by atoms with Gasteiger partial charge >= 0.3 is 0 Å². The summed E-state index contributed by atoms with van der Waals surface area (Å²) in [5.74, 6) is 0. The summed E-state index contributed by atoms with van der Waals surface area (Å²) in [6, 6.07) is 10.1. The fourth-order valence-electron chi connectivity index (χ4n) is 2.34. The molecule has 1 aliphatic rings. The largest absolute Gasteiger partial charge is 0.314 e. The van der Waals surface area contributed by atoms with Crippen LogP contribution in [-0.2, 0) is 12.8 Å². The second-order valence-corrected chi connectivity index (χ2v) is 5.61. The van der Waals surface area contributed by atoms with Crippen LogP contribution in [-0.4, -0.2) is 12.6 Å². The average Bonchev–Trinajstić information content (AvgIpc) is 3.21. The van der Waals surface area contributed by atoms with Crippen molar-refractivity contribution in [3.05, 3.63) is 35.4 Å². The summed E-state index contributed by atoms with van der Waals surface area (Å²) in [6.07, 6.45) is 10.6. The van der Waals surface area contributed by atoms with E-state index in [4.69, 9.17) is 0 Å². The van der Waals surface area contributed by atoms with Gasteiger partial charge in [0.05, 0.1) is 0 Å². The van der Waals surface area contributed by atoms with Crippen molar-refractivity contribution in [1.29, 1.82) is 0 Å². The second kappa shape index (κ2) is 7.58. The van der Waals surface area contributed by atoms with E-state index in [1.54, 1.807) is 0 Å². The molecule has 0 aromatic heterocycles. The van der Waals surface area contributed by atoms with Crippen LogP contribution >= 0.6 is 0 Å². The highest BCUT2D eigenvalue weighted by Crippen LogP contribution is 2.18. The maximum Gasteiger partial charge on any atom is 0.00683 e.